The molecule has 0 aliphatic rings. The van der Waals surface area contributed by atoms with Gasteiger partial charge >= 0.3 is 0 Å². The summed E-state index contributed by atoms with van der Waals surface area (Å²) in [6, 6.07) is 12.4. The van der Waals surface area contributed by atoms with Crippen LogP contribution in [0.4, 0.5) is 10.1 Å². The fraction of sp³-hybridized carbons (Fsp3) is 0.133. The molecule has 1 atom stereocenters. The Balaban J connectivity index is 1.96. The highest BCUT2D eigenvalue weighted by atomic mass is 35.5. The van der Waals surface area contributed by atoms with Crippen molar-refractivity contribution in [2.24, 2.45) is 0 Å². The van der Waals surface area contributed by atoms with Crippen LogP contribution in [0.3, 0.4) is 0 Å². The number of rotatable bonds is 4. The van der Waals surface area contributed by atoms with E-state index in [9.17, 15) is 9.18 Å². The van der Waals surface area contributed by atoms with Crippen LogP contribution < -0.4 is 10.1 Å². The number of nitrogens with one attached hydrogen (secondary N) is 1. The van der Waals surface area contributed by atoms with Gasteiger partial charge in [-0.1, -0.05) is 17.7 Å². The lowest BCUT2D eigenvalue weighted by Crippen LogP contribution is -2.30. The summed E-state index contributed by atoms with van der Waals surface area (Å²) in [6.45, 7) is 1.59. The molecule has 0 aliphatic heterocycles. The quantitative estimate of drug-likeness (QED) is 0.929. The molecule has 1 amide bonds. The summed E-state index contributed by atoms with van der Waals surface area (Å²) >= 11 is 5.76. The summed E-state index contributed by atoms with van der Waals surface area (Å²) in [5, 5.41) is 3.28. The standard InChI is InChI=1S/C15H13ClFNO2/c1-10(20-14-4-2-3-12(17)9-14)15(19)18-13-7-5-11(16)6-8-13/h2-10H,1H3,(H,18,19)/t10-/m0/s1. The second kappa shape index (κ2) is 6.39. The topological polar surface area (TPSA) is 38.3 Å². The predicted octanol–water partition coefficient (Wildman–Crippen LogP) is 3.89. The lowest BCUT2D eigenvalue weighted by Gasteiger charge is -2.14. The maximum atomic E-state index is 13.0. The number of hydrogen-bond acceptors (Lipinski definition) is 2. The van der Waals surface area contributed by atoms with Gasteiger partial charge in [-0.3, -0.25) is 4.79 Å². The summed E-state index contributed by atoms with van der Waals surface area (Å²) < 4.78 is 18.4. The van der Waals surface area contributed by atoms with Gasteiger partial charge in [0, 0.05) is 16.8 Å². The highest BCUT2D eigenvalue weighted by molar-refractivity contribution is 6.30. The molecule has 3 nitrogen and oxygen atoms in total. The first kappa shape index (κ1) is 14.3. The molecule has 0 spiro atoms. The highest BCUT2D eigenvalue weighted by Gasteiger charge is 2.15. The molecule has 0 aromatic heterocycles. The summed E-state index contributed by atoms with van der Waals surface area (Å²) in [6.07, 6.45) is -0.743. The average Bonchev–Trinajstić information content (AvgIpc) is 2.41. The number of ether oxygens (including phenoxy) is 1. The Morgan fingerprint density at radius 3 is 2.60 bits per heavy atom. The number of halogens is 2. The van der Waals surface area contributed by atoms with Gasteiger partial charge in [0.15, 0.2) is 6.10 Å². The Bertz CT molecular complexity index is 601. The van der Waals surface area contributed by atoms with Crippen molar-refractivity contribution in [1.29, 1.82) is 0 Å². The SMILES string of the molecule is C[C@H](Oc1cccc(F)c1)C(=O)Nc1ccc(Cl)cc1. The maximum absolute atomic E-state index is 13.0. The van der Waals surface area contributed by atoms with Gasteiger partial charge in [-0.15, -0.1) is 0 Å². The van der Waals surface area contributed by atoms with Gasteiger partial charge in [0.2, 0.25) is 0 Å². The lowest BCUT2D eigenvalue weighted by molar-refractivity contribution is -0.122. The number of benzene rings is 2. The number of carbonyl (C=O) groups is 1. The molecule has 1 N–H and O–H groups in total. The van der Waals surface area contributed by atoms with Crippen LogP contribution in [0.2, 0.25) is 5.02 Å². The van der Waals surface area contributed by atoms with E-state index in [1.807, 2.05) is 0 Å². The second-order valence-corrected chi connectivity index (χ2v) is 4.65. The van der Waals surface area contributed by atoms with E-state index in [0.29, 0.717) is 16.5 Å². The van der Waals surface area contributed by atoms with Gasteiger partial charge < -0.3 is 10.1 Å². The zero-order valence-corrected chi connectivity index (χ0v) is 11.5. The van der Waals surface area contributed by atoms with Gasteiger partial charge in [-0.25, -0.2) is 4.39 Å². The smallest absolute Gasteiger partial charge is 0.265 e. The maximum Gasteiger partial charge on any atom is 0.265 e. The second-order valence-electron chi connectivity index (χ2n) is 4.21. The molecule has 20 heavy (non-hydrogen) atoms. The molecule has 0 fully saturated rings. The van der Waals surface area contributed by atoms with E-state index < -0.39 is 11.9 Å². The van der Waals surface area contributed by atoms with E-state index in [1.165, 1.54) is 18.2 Å². The molecule has 0 radical (unpaired) electrons. The van der Waals surface area contributed by atoms with Crippen LogP contribution in [0.25, 0.3) is 0 Å². The first-order chi connectivity index (χ1) is 9.54. The van der Waals surface area contributed by atoms with Crippen LogP contribution in [0.1, 0.15) is 6.92 Å². The van der Waals surface area contributed by atoms with Crippen LogP contribution in [-0.2, 0) is 4.79 Å². The molecule has 0 heterocycles. The van der Waals surface area contributed by atoms with Crippen molar-refractivity contribution in [3.05, 3.63) is 59.4 Å². The van der Waals surface area contributed by atoms with E-state index in [0.717, 1.165) is 0 Å². The Labute approximate surface area is 121 Å². The summed E-state index contributed by atoms with van der Waals surface area (Å²) in [5.74, 6) is -0.423. The van der Waals surface area contributed by atoms with Crippen LogP contribution in [-0.4, -0.2) is 12.0 Å². The molecular formula is C15H13ClFNO2. The van der Waals surface area contributed by atoms with Crippen LogP contribution in [0.15, 0.2) is 48.5 Å². The van der Waals surface area contributed by atoms with Crippen molar-refractivity contribution in [2.45, 2.75) is 13.0 Å². The zero-order valence-electron chi connectivity index (χ0n) is 10.8. The molecule has 5 heteroatoms. The minimum Gasteiger partial charge on any atom is -0.481 e. The minimum absolute atomic E-state index is 0.309. The molecule has 0 unspecified atom stereocenters. The molecule has 2 aromatic rings. The predicted molar refractivity (Wildman–Crippen MR) is 76.6 cm³/mol. The molecule has 2 rings (SSSR count). The van der Waals surface area contributed by atoms with Gasteiger partial charge in [-0.2, -0.15) is 0 Å². The zero-order chi connectivity index (χ0) is 14.5. The molecule has 0 aliphatic carbocycles. The van der Waals surface area contributed by atoms with Crippen molar-refractivity contribution < 1.29 is 13.9 Å². The third-order valence-electron chi connectivity index (χ3n) is 2.59. The Hall–Kier alpha value is -2.07. The van der Waals surface area contributed by atoms with E-state index >= 15 is 0 Å². The van der Waals surface area contributed by atoms with Crippen LogP contribution in [0.5, 0.6) is 5.75 Å². The van der Waals surface area contributed by atoms with Gasteiger partial charge in [0.1, 0.15) is 11.6 Å². The number of carbonyl (C=O) groups excluding carboxylic acids is 1. The van der Waals surface area contributed by atoms with Crippen molar-refractivity contribution in [3.8, 4) is 5.75 Å². The Morgan fingerprint density at radius 2 is 1.95 bits per heavy atom. The van der Waals surface area contributed by atoms with E-state index in [2.05, 4.69) is 5.32 Å². The third kappa shape index (κ3) is 3.96. The molecule has 104 valence electrons. The number of hydrogen-bond donors (Lipinski definition) is 1. The van der Waals surface area contributed by atoms with Gasteiger partial charge in [-0.05, 0) is 43.3 Å². The number of amides is 1. The van der Waals surface area contributed by atoms with Crippen molar-refractivity contribution >= 4 is 23.2 Å². The minimum atomic E-state index is -0.743. The third-order valence-corrected chi connectivity index (χ3v) is 2.84. The van der Waals surface area contributed by atoms with Crippen molar-refractivity contribution in [2.75, 3.05) is 5.32 Å². The average molecular weight is 294 g/mol. The molecular weight excluding hydrogens is 281 g/mol. The van der Waals surface area contributed by atoms with Crippen molar-refractivity contribution in [1.82, 2.24) is 0 Å². The Kier molecular flexibility index (Phi) is 4.58. The van der Waals surface area contributed by atoms with E-state index in [4.69, 9.17) is 16.3 Å². The first-order valence-corrected chi connectivity index (χ1v) is 6.41. The monoisotopic (exact) mass is 293 g/mol. The number of anilines is 1. The summed E-state index contributed by atoms with van der Waals surface area (Å²) in [7, 11) is 0. The van der Waals surface area contributed by atoms with E-state index in [-0.39, 0.29) is 5.91 Å². The normalized spacial score (nSPS) is 11.8. The lowest BCUT2D eigenvalue weighted by atomic mass is 10.3. The largest absolute Gasteiger partial charge is 0.481 e. The van der Waals surface area contributed by atoms with Crippen LogP contribution >= 0.6 is 11.6 Å². The first-order valence-electron chi connectivity index (χ1n) is 6.03. The van der Waals surface area contributed by atoms with Gasteiger partial charge in [0.05, 0.1) is 0 Å². The highest BCUT2D eigenvalue weighted by Crippen LogP contribution is 2.16. The van der Waals surface area contributed by atoms with Crippen molar-refractivity contribution in [3.63, 3.8) is 0 Å². The molecule has 0 saturated carbocycles. The van der Waals surface area contributed by atoms with Gasteiger partial charge in [0.25, 0.3) is 5.91 Å². The van der Waals surface area contributed by atoms with Crippen LogP contribution in [0, 0.1) is 5.82 Å². The summed E-state index contributed by atoms with van der Waals surface area (Å²) in [5.41, 5.74) is 0.620. The van der Waals surface area contributed by atoms with E-state index in [1.54, 1.807) is 37.3 Å². The fourth-order valence-corrected chi connectivity index (χ4v) is 1.70. The molecule has 2 aromatic carbocycles. The summed E-state index contributed by atoms with van der Waals surface area (Å²) in [4.78, 5) is 11.9. The fourth-order valence-electron chi connectivity index (χ4n) is 1.58. The molecule has 0 saturated heterocycles. The Morgan fingerprint density at radius 1 is 1.25 bits per heavy atom. The molecule has 0 bridgehead atoms.